The summed E-state index contributed by atoms with van der Waals surface area (Å²) in [5.74, 6) is 0. The first-order chi connectivity index (χ1) is 7.97. The highest BCUT2D eigenvalue weighted by Crippen LogP contribution is 2.21. The van der Waals surface area contributed by atoms with Gasteiger partial charge in [0.1, 0.15) is 0 Å². The number of hydrogen-bond acceptors (Lipinski definition) is 2. The Hall–Kier alpha value is -0.860. The summed E-state index contributed by atoms with van der Waals surface area (Å²) in [5, 5.41) is 3.56. The number of nitrogens with zero attached hydrogens (tertiary/aromatic N) is 1. The van der Waals surface area contributed by atoms with Crippen molar-refractivity contribution < 1.29 is 0 Å². The van der Waals surface area contributed by atoms with Gasteiger partial charge in [-0.2, -0.15) is 0 Å². The molecule has 0 saturated carbocycles. The lowest BCUT2D eigenvalue weighted by molar-refractivity contribution is 0.0626. The Balaban J connectivity index is 2.11. The smallest absolute Gasteiger partial charge is 0.0281 e. The molecule has 1 fully saturated rings. The fraction of sp³-hybridized carbons (Fsp3) is 0.600. The molecular formula is C15H24N2. The molecule has 0 spiro atoms. The Morgan fingerprint density at radius 3 is 2.88 bits per heavy atom. The highest BCUT2D eigenvalue weighted by atomic mass is 15.3. The van der Waals surface area contributed by atoms with E-state index in [1.54, 1.807) is 0 Å². The van der Waals surface area contributed by atoms with Gasteiger partial charge in [-0.25, -0.2) is 0 Å². The van der Waals surface area contributed by atoms with E-state index in [1.165, 1.54) is 11.1 Å². The molecule has 1 aliphatic rings. The van der Waals surface area contributed by atoms with Gasteiger partial charge in [-0.05, 0) is 33.3 Å². The molecule has 2 nitrogen and oxygen atoms in total. The number of piperazine rings is 1. The van der Waals surface area contributed by atoms with Gasteiger partial charge in [0.2, 0.25) is 0 Å². The normalized spacial score (nSPS) is 24.8. The van der Waals surface area contributed by atoms with Crippen molar-refractivity contribution in [3.8, 4) is 0 Å². The maximum atomic E-state index is 3.56. The van der Waals surface area contributed by atoms with Crippen LogP contribution in [0.3, 0.4) is 0 Å². The lowest BCUT2D eigenvalue weighted by Crippen LogP contribution is -2.60. The third-order valence-electron chi connectivity index (χ3n) is 3.69. The molecule has 1 aromatic carbocycles. The molecule has 0 aromatic heterocycles. The van der Waals surface area contributed by atoms with E-state index in [1.807, 2.05) is 0 Å². The molecule has 0 aliphatic carbocycles. The zero-order valence-electron chi connectivity index (χ0n) is 11.5. The van der Waals surface area contributed by atoms with Crippen LogP contribution in [0.25, 0.3) is 0 Å². The molecule has 1 heterocycles. The summed E-state index contributed by atoms with van der Waals surface area (Å²) in [4.78, 5) is 2.59. The molecule has 0 bridgehead atoms. The second-order valence-corrected chi connectivity index (χ2v) is 5.96. The molecule has 2 rings (SSSR count). The molecular weight excluding hydrogens is 208 g/mol. The second-order valence-electron chi connectivity index (χ2n) is 5.96. The van der Waals surface area contributed by atoms with Crippen molar-refractivity contribution in [3.63, 3.8) is 0 Å². The molecule has 1 unspecified atom stereocenters. The van der Waals surface area contributed by atoms with Crippen molar-refractivity contribution >= 4 is 0 Å². The van der Waals surface area contributed by atoms with Crippen molar-refractivity contribution in [2.45, 2.75) is 45.8 Å². The largest absolute Gasteiger partial charge is 0.311 e. The number of hydrogen-bond donors (Lipinski definition) is 1. The van der Waals surface area contributed by atoms with Gasteiger partial charge in [-0.15, -0.1) is 0 Å². The van der Waals surface area contributed by atoms with E-state index in [-0.39, 0.29) is 5.54 Å². The number of rotatable bonds is 2. The topological polar surface area (TPSA) is 15.3 Å². The summed E-state index contributed by atoms with van der Waals surface area (Å²) in [6.07, 6.45) is 0. The van der Waals surface area contributed by atoms with E-state index < -0.39 is 0 Å². The lowest BCUT2D eigenvalue weighted by Gasteiger charge is -2.45. The average molecular weight is 232 g/mol. The van der Waals surface area contributed by atoms with Crippen LogP contribution in [0.15, 0.2) is 24.3 Å². The van der Waals surface area contributed by atoms with Gasteiger partial charge in [0.05, 0.1) is 0 Å². The Labute approximate surface area is 105 Å². The minimum atomic E-state index is 0.246. The molecule has 1 atom stereocenters. The van der Waals surface area contributed by atoms with E-state index in [0.29, 0.717) is 6.04 Å². The van der Waals surface area contributed by atoms with Crippen LogP contribution in [0.2, 0.25) is 0 Å². The van der Waals surface area contributed by atoms with Crippen molar-refractivity contribution in [3.05, 3.63) is 35.4 Å². The summed E-state index contributed by atoms with van der Waals surface area (Å²) in [6.45, 7) is 12.3. The fourth-order valence-electron chi connectivity index (χ4n) is 2.49. The van der Waals surface area contributed by atoms with Crippen molar-refractivity contribution in [1.82, 2.24) is 10.2 Å². The van der Waals surface area contributed by atoms with Crippen LogP contribution >= 0.6 is 0 Å². The highest BCUT2D eigenvalue weighted by Gasteiger charge is 2.32. The fourth-order valence-corrected chi connectivity index (χ4v) is 2.49. The van der Waals surface area contributed by atoms with Gasteiger partial charge < -0.3 is 5.32 Å². The molecule has 94 valence electrons. The first-order valence-electron chi connectivity index (χ1n) is 6.51. The van der Waals surface area contributed by atoms with Crippen LogP contribution in [0, 0.1) is 6.92 Å². The molecule has 0 radical (unpaired) electrons. The van der Waals surface area contributed by atoms with Crippen molar-refractivity contribution in [2.24, 2.45) is 0 Å². The molecule has 0 amide bonds. The average Bonchev–Trinajstić information content (AvgIpc) is 2.24. The van der Waals surface area contributed by atoms with Crippen molar-refractivity contribution in [2.75, 3.05) is 13.1 Å². The van der Waals surface area contributed by atoms with E-state index in [4.69, 9.17) is 0 Å². The quantitative estimate of drug-likeness (QED) is 0.843. The molecule has 1 N–H and O–H groups in total. The summed E-state index contributed by atoms with van der Waals surface area (Å²) < 4.78 is 0. The van der Waals surface area contributed by atoms with Crippen LogP contribution < -0.4 is 5.32 Å². The zero-order chi connectivity index (χ0) is 12.5. The van der Waals surface area contributed by atoms with Gasteiger partial charge in [0.15, 0.2) is 0 Å². The first-order valence-corrected chi connectivity index (χ1v) is 6.51. The molecule has 1 aliphatic heterocycles. The lowest BCUT2D eigenvalue weighted by atomic mass is 9.96. The predicted octanol–water partition coefficient (Wildman–Crippen LogP) is 2.57. The molecule has 1 saturated heterocycles. The number of benzene rings is 1. The minimum absolute atomic E-state index is 0.246. The van der Waals surface area contributed by atoms with E-state index in [2.05, 4.69) is 62.2 Å². The maximum Gasteiger partial charge on any atom is 0.0281 e. The third-order valence-corrected chi connectivity index (χ3v) is 3.69. The van der Waals surface area contributed by atoms with Gasteiger partial charge in [0.25, 0.3) is 0 Å². The van der Waals surface area contributed by atoms with Gasteiger partial charge >= 0.3 is 0 Å². The zero-order valence-corrected chi connectivity index (χ0v) is 11.5. The van der Waals surface area contributed by atoms with E-state index in [9.17, 15) is 0 Å². The monoisotopic (exact) mass is 232 g/mol. The molecule has 1 aromatic rings. The van der Waals surface area contributed by atoms with E-state index >= 15 is 0 Å². The van der Waals surface area contributed by atoms with Gasteiger partial charge in [0, 0.05) is 31.2 Å². The van der Waals surface area contributed by atoms with Crippen LogP contribution in [-0.4, -0.2) is 29.6 Å². The predicted molar refractivity (Wildman–Crippen MR) is 73.1 cm³/mol. The summed E-state index contributed by atoms with van der Waals surface area (Å²) >= 11 is 0. The standard InChI is InChI=1S/C15H24N2/c1-12-6-5-7-14(8-12)10-17-9-13(2)16-11-15(17,3)4/h5-8,13,16H,9-11H2,1-4H3. The minimum Gasteiger partial charge on any atom is -0.311 e. The van der Waals surface area contributed by atoms with Gasteiger partial charge in [-0.1, -0.05) is 29.8 Å². The summed E-state index contributed by atoms with van der Waals surface area (Å²) in [7, 11) is 0. The number of aryl methyl sites for hydroxylation is 1. The summed E-state index contributed by atoms with van der Waals surface area (Å²) in [6, 6.07) is 9.43. The Kier molecular flexibility index (Phi) is 3.55. The highest BCUT2D eigenvalue weighted by molar-refractivity contribution is 5.22. The van der Waals surface area contributed by atoms with Crippen molar-refractivity contribution in [1.29, 1.82) is 0 Å². The number of nitrogens with one attached hydrogen (secondary N) is 1. The van der Waals surface area contributed by atoms with Gasteiger partial charge in [-0.3, -0.25) is 4.90 Å². The van der Waals surface area contributed by atoms with Crippen LogP contribution in [0.5, 0.6) is 0 Å². The Morgan fingerprint density at radius 2 is 2.18 bits per heavy atom. The molecule has 17 heavy (non-hydrogen) atoms. The van der Waals surface area contributed by atoms with Crippen LogP contribution in [0.1, 0.15) is 31.9 Å². The second kappa shape index (κ2) is 4.79. The SMILES string of the molecule is Cc1cccc(CN2CC(C)NCC2(C)C)c1. The maximum absolute atomic E-state index is 3.56. The third kappa shape index (κ3) is 3.08. The molecule has 2 heteroatoms. The van der Waals surface area contributed by atoms with Crippen LogP contribution in [0.4, 0.5) is 0 Å². The first kappa shape index (κ1) is 12.6. The Morgan fingerprint density at radius 1 is 1.41 bits per heavy atom. The van der Waals surface area contributed by atoms with E-state index in [0.717, 1.165) is 19.6 Å². The Bertz CT molecular complexity index is 384. The summed E-state index contributed by atoms with van der Waals surface area (Å²) in [5.41, 5.74) is 3.02. The van der Waals surface area contributed by atoms with Crippen LogP contribution in [-0.2, 0) is 6.54 Å².